The highest BCUT2D eigenvalue weighted by atomic mass is 19.4. The van der Waals surface area contributed by atoms with Crippen molar-refractivity contribution in [2.24, 2.45) is 0 Å². The van der Waals surface area contributed by atoms with Crippen LogP contribution in [0.5, 0.6) is 11.5 Å². The van der Waals surface area contributed by atoms with Gasteiger partial charge in [0.1, 0.15) is 0 Å². The van der Waals surface area contributed by atoms with E-state index in [1.54, 1.807) is 0 Å². The van der Waals surface area contributed by atoms with Crippen LogP contribution in [-0.2, 0) is 17.5 Å². The van der Waals surface area contributed by atoms with Crippen molar-refractivity contribution in [1.82, 2.24) is 20.0 Å². The summed E-state index contributed by atoms with van der Waals surface area (Å²) in [7, 11) is 0. The van der Waals surface area contributed by atoms with Gasteiger partial charge in [-0.05, 0) is 67.5 Å². The highest BCUT2D eigenvalue weighted by molar-refractivity contribution is 5.92. The molecule has 3 aromatic rings. The second-order valence-electron chi connectivity index (χ2n) is 10.7. The van der Waals surface area contributed by atoms with Crippen LogP contribution in [0.3, 0.4) is 0 Å². The largest absolute Gasteiger partial charge is 0.454 e. The van der Waals surface area contributed by atoms with Gasteiger partial charge in [0, 0.05) is 24.5 Å². The van der Waals surface area contributed by atoms with Crippen LogP contribution in [0.15, 0.2) is 36.4 Å². The number of nitrogens with one attached hydrogen (secondary N) is 2. The fraction of sp³-hybridized carbons (Fsp3) is 0.500. The lowest BCUT2D eigenvalue weighted by Gasteiger charge is -2.46. The summed E-state index contributed by atoms with van der Waals surface area (Å²) >= 11 is 0. The minimum Gasteiger partial charge on any atom is -0.454 e. The van der Waals surface area contributed by atoms with Crippen LogP contribution in [0.25, 0.3) is 10.9 Å². The van der Waals surface area contributed by atoms with Crippen LogP contribution in [0.4, 0.5) is 19.0 Å². The second kappa shape index (κ2) is 10.8. The number of nitrogens with zero attached hydrogens (tertiary/aromatic N) is 3. The number of anilines is 1. The fourth-order valence-corrected chi connectivity index (χ4v) is 6.04. The van der Waals surface area contributed by atoms with E-state index in [1.165, 1.54) is 16.3 Å². The molecule has 1 saturated carbocycles. The third-order valence-electron chi connectivity index (χ3n) is 8.16. The Hall–Kier alpha value is -3.51. The average molecular weight is 560 g/mol. The number of alkyl halides is 3. The lowest BCUT2D eigenvalue weighted by Crippen LogP contribution is -2.63. The molecule has 214 valence electrons. The third kappa shape index (κ3) is 5.42. The summed E-state index contributed by atoms with van der Waals surface area (Å²) < 4.78 is 52.1. The van der Waals surface area contributed by atoms with Gasteiger partial charge in [-0.25, -0.2) is 0 Å². The van der Waals surface area contributed by atoms with E-state index in [1.807, 2.05) is 6.07 Å². The molecule has 9 nitrogen and oxygen atoms in total. The molecule has 2 fully saturated rings. The van der Waals surface area contributed by atoms with Crippen molar-refractivity contribution < 1.29 is 32.5 Å². The zero-order valence-electron chi connectivity index (χ0n) is 21.9. The maximum atomic E-state index is 13.2. The van der Waals surface area contributed by atoms with Crippen LogP contribution in [0.2, 0.25) is 0 Å². The van der Waals surface area contributed by atoms with Gasteiger partial charge in [-0.1, -0.05) is 6.07 Å². The molecule has 0 bridgehead atoms. The summed E-state index contributed by atoms with van der Waals surface area (Å²) in [4.78, 5) is 15.0. The van der Waals surface area contributed by atoms with Gasteiger partial charge in [0.2, 0.25) is 12.7 Å². The SMILES string of the molecule is O=C(CNc1nn(CCO)c2ccc(C(F)(F)F)cc12)NC1CN([C@H]2CC[C@@H](c3ccc4c(c3)OCO4)CC2)C1. The number of likely N-dealkylation sites (tertiary alicyclic amines) is 1. The number of halogens is 3. The van der Waals surface area contributed by atoms with Gasteiger partial charge in [0.05, 0.1) is 36.8 Å². The number of hydrogen-bond donors (Lipinski definition) is 3. The number of fused-ring (bicyclic) bond motifs is 2. The number of aliphatic hydroxyl groups is 1. The summed E-state index contributed by atoms with van der Waals surface area (Å²) in [6.45, 7) is 1.66. The van der Waals surface area contributed by atoms with Crippen LogP contribution in [0, 0.1) is 0 Å². The predicted octanol–water partition coefficient (Wildman–Crippen LogP) is 3.71. The van der Waals surface area contributed by atoms with Crippen molar-refractivity contribution in [3.8, 4) is 11.5 Å². The van der Waals surface area contributed by atoms with Crippen molar-refractivity contribution in [3.63, 3.8) is 0 Å². The molecule has 0 radical (unpaired) electrons. The van der Waals surface area contributed by atoms with E-state index in [0.29, 0.717) is 17.5 Å². The van der Waals surface area contributed by atoms with Gasteiger partial charge >= 0.3 is 6.18 Å². The van der Waals surface area contributed by atoms with E-state index in [4.69, 9.17) is 9.47 Å². The quantitative estimate of drug-likeness (QED) is 0.387. The minimum absolute atomic E-state index is 0.0430. The average Bonchev–Trinajstić information content (AvgIpc) is 3.53. The number of aromatic nitrogens is 2. The standard InChI is InChI=1S/C28H32F3N5O4/c29-28(30,31)19-4-7-23-22(12-19)27(34-36(23)9-10-37)32-13-26(38)33-20-14-35(15-20)21-5-1-17(2-6-21)18-3-8-24-25(11-18)40-16-39-24/h3-4,7-8,11-12,17,20-21,37H,1-2,5-6,9-10,13-16H2,(H,32,34)(H,33,38)/t17-,21+. The van der Waals surface area contributed by atoms with Gasteiger partial charge in [0.25, 0.3) is 0 Å². The van der Waals surface area contributed by atoms with Crippen LogP contribution in [-0.4, -0.2) is 70.8 Å². The van der Waals surface area contributed by atoms with E-state index in [0.717, 1.165) is 62.4 Å². The fourth-order valence-electron chi connectivity index (χ4n) is 6.04. The Kier molecular flexibility index (Phi) is 7.22. The van der Waals surface area contributed by atoms with Gasteiger partial charge in [-0.15, -0.1) is 0 Å². The maximum Gasteiger partial charge on any atom is 0.416 e. The second-order valence-corrected chi connectivity index (χ2v) is 10.7. The normalized spacial score (nSPS) is 21.4. The van der Waals surface area contributed by atoms with E-state index in [9.17, 15) is 23.1 Å². The van der Waals surface area contributed by atoms with Gasteiger partial charge in [0.15, 0.2) is 17.3 Å². The topological polar surface area (TPSA) is 101 Å². The van der Waals surface area contributed by atoms with Gasteiger partial charge in [-0.3, -0.25) is 14.4 Å². The highest BCUT2D eigenvalue weighted by Crippen LogP contribution is 2.40. The first-order valence-electron chi connectivity index (χ1n) is 13.6. The molecule has 12 heteroatoms. The molecule has 3 heterocycles. The Morgan fingerprint density at radius 2 is 1.82 bits per heavy atom. The zero-order valence-corrected chi connectivity index (χ0v) is 21.9. The number of benzene rings is 2. The van der Waals surface area contributed by atoms with Crippen molar-refractivity contribution in [1.29, 1.82) is 0 Å². The number of amides is 1. The Labute approximate surface area is 229 Å². The smallest absolute Gasteiger partial charge is 0.416 e. The lowest BCUT2D eigenvalue weighted by atomic mass is 9.80. The van der Waals surface area contributed by atoms with E-state index >= 15 is 0 Å². The molecule has 3 N–H and O–H groups in total. The lowest BCUT2D eigenvalue weighted by molar-refractivity contribution is -0.137. The molecule has 3 aliphatic rings. The zero-order chi connectivity index (χ0) is 27.9. The summed E-state index contributed by atoms with van der Waals surface area (Å²) in [5, 5.41) is 19.7. The molecular formula is C28H32F3N5O4. The first-order valence-corrected chi connectivity index (χ1v) is 13.6. The number of aliphatic hydroxyl groups excluding tert-OH is 1. The van der Waals surface area contributed by atoms with Crippen molar-refractivity contribution in [2.75, 3.05) is 38.4 Å². The number of carbonyl (C=O) groups excluding carboxylic acids is 1. The van der Waals surface area contributed by atoms with Crippen molar-refractivity contribution in [3.05, 3.63) is 47.5 Å². The van der Waals surface area contributed by atoms with Crippen LogP contribution in [0.1, 0.15) is 42.7 Å². The number of hydrogen-bond acceptors (Lipinski definition) is 7. The van der Waals surface area contributed by atoms with Gasteiger partial charge in [-0.2, -0.15) is 18.3 Å². The molecule has 0 atom stereocenters. The van der Waals surface area contributed by atoms with Crippen molar-refractivity contribution >= 4 is 22.6 Å². The minimum atomic E-state index is -4.50. The number of carbonyl (C=O) groups is 1. The molecule has 0 unspecified atom stereocenters. The Morgan fingerprint density at radius 1 is 1.05 bits per heavy atom. The van der Waals surface area contributed by atoms with Crippen molar-refractivity contribution in [2.45, 2.75) is 56.4 Å². The summed E-state index contributed by atoms with van der Waals surface area (Å²) in [5.41, 5.74) is 0.955. The molecule has 2 aromatic carbocycles. The summed E-state index contributed by atoms with van der Waals surface area (Å²) in [6, 6.07) is 10.1. The van der Waals surface area contributed by atoms with Crippen LogP contribution < -0.4 is 20.1 Å². The first kappa shape index (κ1) is 26.7. The summed E-state index contributed by atoms with van der Waals surface area (Å²) in [5.74, 6) is 2.08. The molecule has 1 aromatic heterocycles. The molecule has 0 spiro atoms. The molecule has 1 saturated heterocycles. The molecule has 1 aliphatic carbocycles. The van der Waals surface area contributed by atoms with Crippen LogP contribution >= 0.6 is 0 Å². The highest BCUT2D eigenvalue weighted by Gasteiger charge is 2.36. The molecule has 1 amide bonds. The molecule has 40 heavy (non-hydrogen) atoms. The monoisotopic (exact) mass is 559 g/mol. The van der Waals surface area contributed by atoms with Gasteiger partial charge < -0.3 is 25.2 Å². The number of ether oxygens (including phenoxy) is 2. The maximum absolute atomic E-state index is 13.2. The number of rotatable bonds is 8. The Balaban J connectivity index is 0.978. The van der Waals surface area contributed by atoms with E-state index in [2.05, 4.69) is 32.8 Å². The van der Waals surface area contributed by atoms with E-state index < -0.39 is 11.7 Å². The molecular weight excluding hydrogens is 527 g/mol. The molecule has 2 aliphatic heterocycles. The summed E-state index contributed by atoms with van der Waals surface area (Å²) in [6.07, 6.45) is -0.0811. The first-order chi connectivity index (χ1) is 19.3. The Morgan fingerprint density at radius 3 is 2.58 bits per heavy atom. The Bertz CT molecular complexity index is 1380. The van der Waals surface area contributed by atoms with E-state index in [-0.39, 0.29) is 49.6 Å². The third-order valence-corrected chi connectivity index (χ3v) is 8.16. The predicted molar refractivity (Wildman–Crippen MR) is 141 cm³/mol. The molecule has 6 rings (SSSR count).